The van der Waals surface area contributed by atoms with Gasteiger partial charge in [0, 0.05) is 0 Å². The number of nitrogens with zero attached hydrogens (tertiary/aromatic N) is 3. The Kier molecular flexibility index (Phi) is 5.14. The Hall–Kier alpha value is -3.45. The van der Waals surface area contributed by atoms with Gasteiger partial charge in [-0.3, -0.25) is 4.79 Å². The van der Waals surface area contributed by atoms with Gasteiger partial charge >= 0.3 is 0 Å². The minimum absolute atomic E-state index is 0.192. The van der Waals surface area contributed by atoms with Gasteiger partial charge in [-0.1, -0.05) is 53.3 Å². The highest BCUT2D eigenvalue weighted by atomic mass is 32.1. The SMILES string of the molecule is COc1ccc(/C=c2/sc3nc(/C=C/c4ccc(C)cc4)nn3c2=O)cc1OC. The lowest BCUT2D eigenvalue weighted by molar-refractivity contribution is 0.355. The molecule has 4 aromatic rings. The van der Waals surface area contributed by atoms with Crippen molar-refractivity contribution in [3.63, 3.8) is 0 Å². The van der Waals surface area contributed by atoms with Crippen LogP contribution in [0.4, 0.5) is 0 Å². The number of hydrogen-bond donors (Lipinski definition) is 0. The third kappa shape index (κ3) is 3.90. The number of aryl methyl sites for hydroxylation is 1. The molecule has 2 aromatic heterocycles. The lowest BCUT2D eigenvalue weighted by atomic mass is 10.1. The van der Waals surface area contributed by atoms with Crippen molar-refractivity contribution in [2.24, 2.45) is 0 Å². The molecule has 4 rings (SSSR count). The minimum Gasteiger partial charge on any atom is -0.493 e. The van der Waals surface area contributed by atoms with E-state index < -0.39 is 0 Å². The third-order valence-corrected chi connectivity index (χ3v) is 5.36. The summed E-state index contributed by atoms with van der Waals surface area (Å²) < 4.78 is 12.5. The maximum atomic E-state index is 12.7. The van der Waals surface area contributed by atoms with Gasteiger partial charge in [0.1, 0.15) is 0 Å². The summed E-state index contributed by atoms with van der Waals surface area (Å²) in [6.07, 6.45) is 5.54. The highest BCUT2D eigenvalue weighted by molar-refractivity contribution is 7.15. The molecule has 0 saturated carbocycles. The molecule has 0 radical (unpaired) electrons. The second-order valence-electron chi connectivity index (χ2n) is 6.44. The molecular weight excluding hydrogens is 386 g/mol. The van der Waals surface area contributed by atoms with Crippen molar-refractivity contribution in [1.82, 2.24) is 14.6 Å². The average Bonchev–Trinajstić information content (AvgIpc) is 3.26. The molecule has 0 bridgehead atoms. The number of benzene rings is 2. The number of thiazole rings is 1. The summed E-state index contributed by atoms with van der Waals surface area (Å²) in [6.45, 7) is 2.05. The molecule has 6 nitrogen and oxygen atoms in total. The van der Waals surface area contributed by atoms with Crippen LogP contribution in [0.5, 0.6) is 11.5 Å². The molecule has 0 unspecified atom stereocenters. The van der Waals surface area contributed by atoms with Gasteiger partial charge < -0.3 is 9.47 Å². The molecule has 0 aliphatic rings. The van der Waals surface area contributed by atoms with E-state index in [9.17, 15) is 4.79 Å². The van der Waals surface area contributed by atoms with E-state index >= 15 is 0 Å². The lowest BCUT2D eigenvalue weighted by Gasteiger charge is -2.07. The second-order valence-corrected chi connectivity index (χ2v) is 7.45. The number of rotatable bonds is 5. The largest absolute Gasteiger partial charge is 0.493 e. The maximum Gasteiger partial charge on any atom is 0.291 e. The van der Waals surface area contributed by atoms with Crippen LogP contribution in [0.25, 0.3) is 23.2 Å². The van der Waals surface area contributed by atoms with Crippen LogP contribution in [0, 0.1) is 6.92 Å². The van der Waals surface area contributed by atoms with Gasteiger partial charge in [-0.2, -0.15) is 9.50 Å². The van der Waals surface area contributed by atoms with E-state index in [2.05, 4.69) is 10.1 Å². The highest BCUT2D eigenvalue weighted by Gasteiger charge is 2.09. The van der Waals surface area contributed by atoms with Crippen LogP contribution in [0.1, 0.15) is 22.5 Å². The second kappa shape index (κ2) is 7.89. The normalized spacial score (nSPS) is 12.2. The molecule has 0 spiro atoms. The van der Waals surface area contributed by atoms with E-state index in [4.69, 9.17) is 9.47 Å². The van der Waals surface area contributed by atoms with E-state index in [1.807, 2.05) is 55.5 Å². The number of aromatic nitrogens is 3. The van der Waals surface area contributed by atoms with E-state index in [0.717, 1.165) is 11.1 Å². The first-order valence-corrected chi connectivity index (χ1v) is 9.77. The Bertz CT molecular complexity index is 1300. The van der Waals surface area contributed by atoms with Crippen molar-refractivity contribution in [3.05, 3.63) is 79.9 Å². The first-order chi connectivity index (χ1) is 14.1. The zero-order valence-corrected chi connectivity index (χ0v) is 17.1. The molecule has 0 saturated heterocycles. The number of fused-ring (bicyclic) bond motifs is 1. The van der Waals surface area contributed by atoms with Gasteiger partial charge in [0.25, 0.3) is 5.56 Å². The first kappa shape index (κ1) is 18.9. The number of ether oxygens (including phenoxy) is 2. The Morgan fingerprint density at radius 3 is 2.38 bits per heavy atom. The van der Waals surface area contributed by atoms with Crippen LogP contribution >= 0.6 is 11.3 Å². The van der Waals surface area contributed by atoms with Crippen LogP contribution < -0.4 is 19.6 Å². The predicted octanol–water partition coefficient (Wildman–Crippen LogP) is 3.19. The molecule has 0 N–H and O–H groups in total. The molecule has 0 amide bonds. The van der Waals surface area contributed by atoms with Crippen LogP contribution in [0.15, 0.2) is 47.3 Å². The standard InChI is InChI=1S/C22H19N3O3S/c1-14-4-6-15(7-5-14)9-11-20-23-22-25(24-20)21(26)19(29-22)13-16-8-10-17(27-2)18(12-16)28-3/h4-13H,1-3H3/b11-9+,19-13+. The molecule has 0 atom stereocenters. The molecule has 0 aliphatic carbocycles. The molecule has 146 valence electrons. The van der Waals surface area contributed by atoms with Crippen molar-refractivity contribution < 1.29 is 9.47 Å². The number of methoxy groups -OCH3 is 2. The fraction of sp³-hybridized carbons (Fsp3) is 0.136. The zero-order chi connectivity index (χ0) is 20.4. The van der Waals surface area contributed by atoms with E-state index in [0.29, 0.717) is 26.8 Å². The molecular formula is C22H19N3O3S. The Morgan fingerprint density at radius 2 is 1.69 bits per heavy atom. The minimum atomic E-state index is -0.192. The molecule has 0 fully saturated rings. The maximum absolute atomic E-state index is 12.7. The smallest absolute Gasteiger partial charge is 0.291 e. The Balaban J connectivity index is 1.65. The van der Waals surface area contributed by atoms with E-state index in [1.165, 1.54) is 21.4 Å². The topological polar surface area (TPSA) is 65.7 Å². The summed E-state index contributed by atoms with van der Waals surface area (Å²) >= 11 is 1.30. The third-order valence-electron chi connectivity index (χ3n) is 4.41. The first-order valence-electron chi connectivity index (χ1n) is 8.95. The molecule has 2 aromatic carbocycles. The van der Waals surface area contributed by atoms with Crippen LogP contribution in [-0.4, -0.2) is 28.8 Å². The Morgan fingerprint density at radius 1 is 0.966 bits per heavy atom. The van der Waals surface area contributed by atoms with Crippen LogP contribution in [-0.2, 0) is 0 Å². The van der Waals surface area contributed by atoms with Crippen molar-refractivity contribution in [2.75, 3.05) is 14.2 Å². The van der Waals surface area contributed by atoms with Crippen molar-refractivity contribution >= 4 is 34.5 Å². The zero-order valence-electron chi connectivity index (χ0n) is 16.2. The highest BCUT2D eigenvalue weighted by Crippen LogP contribution is 2.27. The summed E-state index contributed by atoms with van der Waals surface area (Å²) in [4.78, 5) is 17.7. The number of hydrogen-bond acceptors (Lipinski definition) is 6. The average molecular weight is 405 g/mol. The fourth-order valence-corrected chi connectivity index (χ4v) is 3.78. The van der Waals surface area contributed by atoms with Gasteiger partial charge in [-0.15, -0.1) is 5.10 Å². The van der Waals surface area contributed by atoms with Crippen molar-refractivity contribution in [2.45, 2.75) is 6.92 Å². The Labute approximate surface area is 171 Å². The predicted molar refractivity (Wildman–Crippen MR) is 116 cm³/mol. The van der Waals surface area contributed by atoms with Crippen molar-refractivity contribution in [1.29, 1.82) is 0 Å². The van der Waals surface area contributed by atoms with Crippen molar-refractivity contribution in [3.8, 4) is 11.5 Å². The summed E-state index contributed by atoms with van der Waals surface area (Å²) in [5, 5.41) is 4.32. The quantitative estimate of drug-likeness (QED) is 0.510. The lowest BCUT2D eigenvalue weighted by Crippen LogP contribution is -2.23. The van der Waals surface area contributed by atoms with Gasteiger partial charge in [0.2, 0.25) is 4.96 Å². The summed E-state index contributed by atoms with van der Waals surface area (Å²) in [6, 6.07) is 13.6. The molecule has 0 aliphatic heterocycles. The summed E-state index contributed by atoms with van der Waals surface area (Å²) in [5.41, 5.74) is 2.90. The van der Waals surface area contributed by atoms with E-state index in [-0.39, 0.29) is 5.56 Å². The molecule has 2 heterocycles. The van der Waals surface area contributed by atoms with Crippen LogP contribution in [0.3, 0.4) is 0 Å². The summed E-state index contributed by atoms with van der Waals surface area (Å²) in [5.74, 6) is 1.75. The van der Waals surface area contributed by atoms with Gasteiger partial charge in [-0.25, -0.2) is 0 Å². The monoisotopic (exact) mass is 405 g/mol. The van der Waals surface area contributed by atoms with Gasteiger partial charge in [0.15, 0.2) is 17.3 Å². The summed E-state index contributed by atoms with van der Waals surface area (Å²) in [7, 11) is 3.16. The fourth-order valence-electron chi connectivity index (χ4n) is 2.86. The van der Waals surface area contributed by atoms with E-state index in [1.54, 1.807) is 26.4 Å². The van der Waals surface area contributed by atoms with Crippen LogP contribution in [0.2, 0.25) is 0 Å². The van der Waals surface area contributed by atoms with Gasteiger partial charge in [-0.05, 0) is 42.3 Å². The molecule has 29 heavy (non-hydrogen) atoms. The van der Waals surface area contributed by atoms with Gasteiger partial charge in [0.05, 0.1) is 18.8 Å². The molecule has 7 heteroatoms.